The van der Waals surface area contributed by atoms with Gasteiger partial charge in [0.2, 0.25) is 0 Å². The SMILES string of the molecule is CCOC(=O)C1CCN(C2CCCCC2C#N)CC1. The Kier molecular flexibility index (Phi) is 5.21. The van der Waals surface area contributed by atoms with Crippen LogP contribution in [0.2, 0.25) is 0 Å². The van der Waals surface area contributed by atoms with Crippen LogP contribution in [0.25, 0.3) is 0 Å². The molecule has 1 aliphatic heterocycles. The second-order valence-corrected chi connectivity index (χ2v) is 5.65. The van der Waals surface area contributed by atoms with E-state index < -0.39 is 0 Å². The summed E-state index contributed by atoms with van der Waals surface area (Å²) in [7, 11) is 0. The van der Waals surface area contributed by atoms with Crippen LogP contribution in [0.5, 0.6) is 0 Å². The van der Waals surface area contributed by atoms with E-state index in [0.29, 0.717) is 12.6 Å². The molecule has 0 radical (unpaired) electrons. The molecule has 0 amide bonds. The Hall–Kier alpha value is -1.08. The smallest absolute Gasteiger partial charge is 0.309 e. The van der Waals surface area contributed by atoms with Crippen LogP contribution < -0.4 is 0 Å². The van der Waals surface area contributed by atoms with Crippen molar-refractivity contribution in [2.75, 3.05) is 19.7 Å². The van der Waals surface area contributed by atoms with Crippen LogP contribution >= 0.6 is 0 Å². The van der Waals surface area contributed by atoms with Gasteiger partial charge in [-0.15, -0.1) is 0 Å². The third-order valence-corrected chi connectivity index (χ3v) is 4.51. The zero-order valence-electron chi connectivity index (χ0n) is 11.8. The summed E-state index contributed by atoms with van der Waals surface area (Å²) in [4.78, 5) is 14.1. The van der Waals surface area contributed by atoms with Crippen LogP contribution in [0.3, 0.4) is 0 Å². The fourth-order valence-electron chi connectivity index (χ4n) is 3.43. The third-order valence-electron chi connectivity index (χ3n) is 4.51. The van der Waals surface area contributed by atoms with E-state index in [0.717, 1.165) is 38.8 Å². The van der Waals surface area contributed by atoms with Gasteiger partial charge in [0, 0.05) is 6.04 Å². The number of rotatable bonds is 3. The molecular weight excluding hydrogens is 240 g/mol. The highest BCUT2D eigenvalue weighted by Crippen LogP contribution is 2.31. The monoisotopic (exact) mass is 264 g/mol. The highest BCUT2D eigenvalue weighted by Gasteiger charge is 2.34. The van der Waals surface area contributed by atoms with Crippen LogP contribution in [-0.2, 0) is 9.53 Å². The van der Waals surface area contributed by atoms with Crippen molar-refractivity contribution < 1.29 is 9.53 Å². The molecule has 0 N–H and O–H groups in total. The Bertz CT molecular complexity index is 343. The van der Waals surface area contributed by atoms with Crippen molar-refractivity contribution in [1.29, 1.82) is 5.26 Å². The minimum atomic E-state index is -0.0392. The van der Waals surface area contributed by atoms with Gasteiger partial charge >= 0.3 is 5.97 Å². The fourth-order valence-corrected chi connectivity index (χ4v) is 3.43. The van der Waals surface area contributed by atoms with E-state index in [1.807, 2.05) is 6.92 Å². The van der Waals surface area contributed by atoms with Gasteiger partial charge in [0.25, 0.3) is 0 Å². The Morgan fingerprint density at radius 2 is 1.95 bits per heavy atom. The van der Waals surface area contributed by atoms with Gasteiger partial charge in [-0.1, -0.05) is 12.8 Å². The van der Waals surface area contributed by atoms with Gasteiger partial charge in [-0.25, -0.2) is 0 Å². The van der Waals surface area contributed by atoms with Crippen LogP contribution in [0.4, 0.5) is 0 Å². The van der Waals surface area contributed by atoms with Gasteiger partial charge in [-0.2, -0.15) is 5.26 Å². The molecule has 2 fully saturated rings. The van der Waals surface area contributed by atoms with Crippen molar-refractivity contribution in [3.8, 4) is 6.07 Å². The molecule has 2 unspecified atom stereocenters. The summed E-state index contributed by atoms with van der Waals surface area (Å²) >= 11 is 0. The van der Waals surface area contributed by atoms with Gasteiger partial charge < -0.3 is 4.74 Å². The quantitative estimate of drug-likeness (QED) is 0.734. The van der Waals surface area contributed by atoms with Crippen molar-refractivity contribution in [2.24, 2.45) is 11.8 Å². The largest absolute Gasteiger partial charge is 0.466 e. The molecule has 2 aliphatic rings. The molecule has 0 aromatic rings. The first-order valence-electron chi connectivity index (χ1n) is 7.56. The average molecular weight is 264 g/mol. The summed E-state index contributed by atoms with van der Waals surface area (Å²) in [5.74, 6) is 0.218. The average Bonchev–Trinajstić information content (AvgIpc) is 2.47. The molecule has 0 aromatic heterocycles. The van der Waals surface area contributed by atoms with E-state index in [1.54, 1.807) is 0 Å². The molecule has 0 aromatic carbocycles. The number of ether oxygens (including phenoxy) is 1. The molecule has 0 spiro atoms. The van der Waals surface area contributed by atoms with E-state index in [9.17, 15) is 10.1 Å². The molecule has 4 heteroatoms. The lowest BCUT2D eigenvalue weighted by atomic mass is 9.83. The summed E-state index contributed by atoms with van der Waals surface area (Å²) in [6, 6.07) is 2.89. The molecule has 2 atom stereocenters. The van der Waals surface area contributed by atoms with E-state index in [-0.39, 0.29) is 17.8 Å². The maximum atomic E-state index is 11.7. The lowest BCUT2D eigenvalue weighted by Gasteiger charge is -2.40. The summed E-state index contributed by atoms with van der Waals surface area (Å²) in [5, 5.41) is 9.25. The number of piperidine rings is 1. The molecule has 4 nitrogen and oxygen atoms in total. The topological polar surface area (TPSA) is 53.3 Å². The summed E-state index contributed by atoms with van der Waals surface area (Å²) in [6.45, 7) is 4.20. The van der Waals surface area contributed by atoms with Crippen molar-refractivity contribution in [3.63, 3.8) is 0 Å². The third kappa shape index (κ3) is 3.48. The van der Waals surface area contributed by atoms with E-state index in [4.69, 9.17) is 4.74 Å². The zero-order chi connectivity index (χ0) is 13.7. The first-order valence-corrected chi connectivity index (χ1v) is 7.56. The fraction of sp³-hybridized carbons (Fsp3) is 0.867. The summed E-state index contributed by atoms with van der Waals surface area (Å²) < 4.78 is 5.09. The number of hydrogen-bond acceptors (Lipinski definition) is 4. The number of esters is 1. The van der Waals surface area contributed by atoms with Gasteiger partial charge in [0.1, 0.15) is 0 Å². The predicted molar refractivity (Wildman–Crippen MR) is 72.3 cm³/mol. The molecule has 2 rings (SSSR count). The molecule has 19 heavy (non-hydrogen) atoms. The van der Waals surface area contributed by atoms with Gasteiger partial charge in [-0.05, 0) is 45.7 Å². The number of nitrogens with zero attached hydrogens (tertiary/aromatic N) is 2. The molecule has 1 saturated carbocycles. The van der Waals surface area contributed by atoms with Crippen molar-refractivity contribution in [3.05, 3.63) is 0 Å². The Morgan fingerprint density at radius 1 is 1.26 bits per heavy atom. The Balaban J connectivity index is 1.85. The Morgan fingerprint density at radius 3 is 2.58 bits per heavy atom. The molecule has 106 valence electrons. The minimum Gasteiger partial charge on any atom is -0.466 e. The minimum absolute atomic E-state index is 0.0392. The number of carbonyl (C=O) groups is 1. The van der Waals surface area contributed by atoms with Crippen molar-refractivity contribution in [2.45, 2.75) is 51.5 Å². The number of nitriles is 1. The lowest BCUT2D eigenvalue weighted by molar-refractivity contribution is -0.150. The molecular formula is C15H24N2O2. The van der Waals surface area contributed by atoms with Crippen LogP contribution in [0, 0.1) is 23.2 Å². The zero-order valence-corrected chi connectivity index (χ0v) is 11.8. The highest BCUT2D eigenvalue weighted by atomic mass is 16.5. The van der Waals surface area contributed by atoms with Crippen LogP contribution in [-0.4, -0.2) is 36.6 Å². The summed E-state index contributed by atoms with van der Waals surface area (Å²) in [5.41, 5.74) is 0. The first kappa shape index (κ1) is 14.3. The van der Waals surface area contributed by atoms with E-state index >= 15 is 0 Å². The second-order valence-electron chi connectivity index (χ2n) is 5.65. The molecule has 0 bridgehead atoms. The number of likely N-dealkylation sites (tertiary alicyclic amines) is 1. The Labute approximate surface area is 115 Å². The lowest BCUT2D eigenvalue weighted by Crippen LogP contribution is -2.47. The number of carbonyl (C=O) groups excluding carboxylic acids is 1. The van der Waals surface area contributed by atoms with Gasteiger partial charge in [-0.3, -0.25) is 9.69 Å². The van der Waals surface area contributed by atoms with E-state index in [2.05, 4.69) is 11.0 Å². The predicted octanol–water partition coefficient (Wildman–Crippen LogP) is 2.34. The van der Waals surface area contributed by atoms with Crippen LogP contribution in [0.1, 0.15) is 45.4 Å². The normalized spacial score (nSPS) is 29.7. The summed E-state index contributed by atoms with van der Waals surface area (Å²) in [6.07, 6.45) is 6.37. The highest BCUT2D eigenvalue weighted by molar-refractivity contribution is 5.72. The second kappa shape index (κ2) is 6.91. The van der Waals surface area contributed by atoms with Crippen molar-refractivity contribution in [1.82, 2.24) is 4.90 Å². The maximum absolute atomic E-state index is 11.7. The molecule has 1 saturated heterocycles. The van der Waals surface area contributed by atoms with Crippen molar-refractivity contribution >= 4 is 5.97 Å². The van der Waals surface area contributed by atoms with Gasteiger partial charge in [0.15, 0.2) is 0 Å². The first-order chi connectivity index (χ1) is 9.26. The van der Waals surface area contributed by atoms with Gasteiger partial charge in [0.05, 0.1) is 24.5 Å². The maximum Gasteiger partial charge on any atom is 0.309 e. The van der Waals surface area contributed by atoms with Crippen LogP contribution in [0.15, 0.2) is 0 Å². The number of hydrogen-bond donors (Lipinski definition) is 0. The molecule has 1 aliphatic carbocycles. The van der Waals surface area contributed by atoms with E-state index in [1.165, 1.54) is 12.8 Å². The standard InChI is InChI=1S/C15H24N2O2/c1-2-19-15(18)12-7-9-17(10-8-12)14-6-4-3-5-13(14)11-16/h12-14H,2-10H2,1H3. The molecule has 1 heterocycles.